The molecular weight excluding hydrogens is 134 g/mol. The highest BCUT2D eigenvalue weighted by molar-refractivity contribution is 5.21. The molecular formula is C10H15N. The minimum atomic E-state index is 0.654. The van der Waals surface area contributed by atoms with Gasteiger partial charge >= 0.3 is 0 Å². The van der Waals surface area contributed by atoms with E-state index in [-0.39, 0.29) is 0 Å². The first-order valence-electron chi connectivity index (χ1n) is 4.03. The van der Waals surface area contributed by atoms with Crippen molar-refractivity contribution < 1.29 is 0 Å². The molecule has 0 radical (unpaired) electrons. The molecule has 1 nitrogen and oxygen atoms in total. The third kappa shape index (κ3) is 2.71. The molecule has 1 aromatic carbocycles. The highest BCUT2D eigenvalue weighted by Gasteiger charge is 2.09. The first-order valence-corrected chi connectivity index (χ1v) is 4.03. The van der Waals surface area contributed by atoms with Gasteiger partial charge in [-0.15, -0.1) is 6.58 Å². The molecule has 1 N–H and O–H groups in total. The Morgan fingerprint density at radius 2 is 2.27 bits per heavy atom. The van der Waals surface area contributed by atoms with Crippen LogP contribution in [0.2, 0.25) is 0 Å². The molecule has 0 aliphatic heterocycles. The SMILES string of the molecule is C=C(C)CC(C)Cc1cc1=N. The van der Waals surface area contributed by atoms with Crippen molar-refractivity contribution in [3.05, 3.63) is 29.1 Å². The van der Waals surface area contributed by atoms with Gasteiger partial charge in [0.2, 0.25) is 0 Å². The summed E-state index contributed by atoms with van der Waals surface area (Å²) < 4.78 is 0. The van der Waals surface area contributed by atoms with E-state index in [0.717, 1.165) is 18.2 Å². The highest BCUT2D eigenvalue weighted by atomic mass is 14.4. The van der Waals surface area contributed by atoms with Gasteiger partial charge in [0.15, 0.2) is 0 Å². The van der Waals surface area contributed by atoms with E-state index in [1.54, 1.807) is 0 Å². The lowest BCUT2D eigenvalue weighted by atomic mass is 9.99. The van der Waals surface area contributed by atoms with Crippen LogP contribution in [-0.2, 0) is 6.42 Å². The normalized spacial score (nSPS) is 13.6. The summed E-state index contributed by atoms with van der Waals surface area (Å²) in [7, 11) is 0. The summed E-state index contributed by atoms with van der Waals surface area (Å²) in [6, 6.07) is 1.94. The van der Waals surface area contributed by atoms with Crippen LogP contribution in [-0.4, -0.2) is 0 Å². The summed E-state index contributed by atoms with van der Waals surface area (Å²) in [5, 5.41) is 7.98. The average molecular weight is 149 g/mol. The second-order valence-electron chi connectivity index (χ2n) is 3.55. The van der Waals surface area contributed by atoms with Crippen molar-refractivity contribution in [2.75, 3.05) is 0 Å². The standard InChI is InChI=1S/C10H15N/c1-7(2)4-8(3)5-9-6-10(9)11/h6,8,11H,1,4-5H2,2-3H3. The minimum absolute atomic E-state index is 0.654. The Labute approximate surface area is 68.0 Å². The summed E-state index contributed by atoms with van der Waals surface area (Å²) in [6.07, 6.45) is 2.15. The molecule has 0 aliphatic rings. The highest BCUT2D eigenvalue weighted by Crippen LogP contribution is 2.14. The van der Waals surface area contributed by atoms with E-state index < -0.39 is 0 Å². The van der Waals surface area contributed by atoms with E-state index in [0.29, 0.717) is 5.92 Å². The Bertz CT molecular complexity index is 263. The number of hydrogen-bond donors (Lipinski definition) is 1. The summed E-state index contributed by atoms with van der Waals surface area (Å²) >= 11 is 0. The van der Waals surface area contributed by atoms with Crippen molar-refractivity contribution in [3.63, 3.8) is 0 Å². The molecule has 0 saturated heterocycles. The van der Waals surface area contributed by atoms with Crippen LogP contribution in [0.15, 0.2) is 18.2 Å². The fourth-order valence-corrected chi connectivity index (χ4v) is 1.35. The number of nitrogens with one attached hydrogen (secondary N) is 1. The molecule has 0 spiro atoms. The number of rotatable bonds is 4. The first-order chi connectivity index (χ1) is 5.09. The zero-order valence-electron chi connectivity index (χ0n) is 7.28. The smallest absolute Gasteiger partial charge is 0.0576 e. The van der Waals surface area contributed by atoms with Gasteiger partial charge in [0.1, 0.15) is 0 Å². The third-order valence-electron chi connectivity index (χ3n) is 1.85. The summed E-state index contributed by atoms with van der Waals surface area (Å²) in [4.78, 5) is 0. The fraction of sp³-hybridized carbons (Fsp3) is 0.500. The molecule has 0 aliphatic carbocycles. The maximum Gasteiger partial charge on any atom is 0.0576 e. The van der Waals surface area contributed by atoms with Gasteiger partial charge < -0.3 is 5.41 Å². The van der Waals surface area contributed by atoms with Crippen LogP contribution in [0.4, 0.5) is 0 Å². The Kier molecular flexibility index (Phi) is 2.28. The molecule has 11 heavy (non-hydrogen) atoms. The van der Waals surface area contributed by atoms with Gasteiger partial charge in [0.25, 0.3) is 0 Å². The molecule has 1 aromatic rings. The zero-order valence-corrected chi connectivity index (χ0v) is 7.28. The van der Waals surface area contributed by atoms with Crippen LogP contribution in [0.3, 0.4) is 0 Å². The lowest BCUT2D eigenvalue weighted by Gasteiger charge is -2.06. The molecule has 0 saturated carbocycles. The maximum atomic E-state index is 7.23. The lowest BCUT2D eigenvalue weighted by Crippen LogP contribution is -1.99. The predicted molar refractivity (Wildman–Crippen MR) is 47.0 cm³/mol. The van der Waals surface area contributed by atoms with Crippen LogP contribution in [0, 0.1) is 11.3 Å². The van der Waals surface area contributed by atoms with E-state index in [9.17, 15) is 0 Å². The Morgan fingerprint density at radius 3 is 2.64 bits per heavy atom. The van der Waals surface area contributed by atoms with Crippen molar-refractivity contribution >= 4 is 0 Å². The van der Waals surface area contributed by atoms with Crippen LogP contribution >= 0.6 is 0 Å². The zero-order chi connectivity index (χ0) is 8.43. The molecule has 0 fully saturated rings. The second-order valence-corrected chi connectivity index (χ2v) is 3.55. The van der Waals surface area contributed by atoms with Crippen LogP contribution in [0.5, 0.6) is 0 Å². The van der Waals surface area contributed by atoms with E-state index >= 15 is 0 Å². The van der Waals surface area contributed by atoms with Crippen LogP contribution in [0.1, 0.15) is 25.8 Å². The van der Waals surface area contributed by atoms with Gasteiger partial charge in [-0.3, -0.25) is 0 Å². The van der Waals surface area contributed by atoms with Gasteiger partial charge in [-0.1, -0.05) is 12.5 Å². The third-order valence-corrected chi connectivity index (χ3v) is 1.85. The molecule has 0 aromatic heterocycles. The van der Waals surface area contributed by atoms with Gasteiger partial charge in [-0.2, -0.15) is 0 Å². The molecule has 0 heterocycles. The maximum absolute atomic E-state index is 7.23. The molecule has 60 valence electrons. The monoisotopic (exact) mass is 149 g/mol. The van der Waals surface area contributed by atoms with Crippen molar-refractivity contribution in [1.29, 1.82) is 5.41 Å². The molecule has 0 bridgehead atoms. The molecule has 1 atom stereocenters. The van der Waals surface area contributed by atoms with Crippen molar-refractivity contribution in [3.8, 4) is 0 Å². The first kappa shape index (κ1) is 8.25. The van der Waals surface area contributed by atoms with Crippen molar-refractivity contribution in [2.24, 2.45) is 5.92 Å². The number of allylic oxidation sites excluding steroid dienone is 1. The van der Waals surface area contributed by atoms with Crippen molar-refractivity contribution in [1.82, 2.24) is 0 Å². The van der Waals surface area contributed by atoms with E-state index in [4.69, 9.17) is 5.41 Å². The topological polar surface area (TPSA) is 23.9 Å². The van der Waals surface area contributed by atoms with Crippen LogP contribution < -0.4 is 5.36 Å². The van der Waals surface area contributed by atoms with Gasteiger partial charge in [0.05, 0.1) is 5.36 Å². The summed E-state index contributed by atoms with van der Waals surface area (Å²) in [6.45, 7) is 8.14. The quantitative estimate of drug-likeness (QED) is 0.634. The number of hydrogen-bond acceptors (Lipinski definition) is 1. The Balaban J connectivity index is 2.28. The van der Waals surface area contributed by atoms with Crippen molar-refractivity contribution in [2.45, 2.75) is 26.7 Å². The predicted octanol–water partition coefficient (Wildman–Crippen LogP) is 2.19. The lowest BCUT2D eigenvalue weighted by molar-refractivity contribution is 0.578. The van der Waals surface area contributed by atoms with Crippen LogP contribution in [0.25, 0.3) is 0 Å². The van der Waals surface area contributed by atoms with E-state index in [2.05, 4.69) is 20.4 Å². The largest absolute Gasteiger partial charge is 0.301 e. The Hall–Kier alpha value is -0.850. The molecule has 0 amide bonds. The van der Waals surface area contributed by atoms with Gasteiger partial charge in [0, 0.05) is 0 Å². The molecule has 1 unspecified atom stereocenters. The average Bonchev–Trinajstić information content (AvgIpc) is 2.43. The second kappa shape index (κ2) is 3.04. The van der Waals surface area contributed by atoms with Gasteiger partial charge in [-0.25, -0.2) is 0 Å². The minimum Gasteiger partial charge on any atom is -0.301 e. The summed E-state index contributed by atoms with van der Waals surface area (Å²) in [5.41, 5.74) is 2.48. The molecule has 1 rings (SSSR count). The van der Waals surface area contributed by atoms with E-state index in [1.165, 1.54) is 11.1 Å². The molecule has 1 heteroatoms. The van der Waals surface area contributed by atoms with E-state index in [1.807, 2.05) is 6.07 Å². The fourth-order valence-electron chi connectivity index (χ4n) is 1.35. The Morgan fingerprint density at radius 1 is 1.73 bits per heavy atom. The summed E-state index contributed by atoms with van der Waals surface area (Å²) in [5.74, 6) is 0.654. The van der Waals surface area contributed by atoms with Gasteiger partial charge in [-0.05, 0) is 37.3 Å².